The van der Waals surface area contributed by atoms with Crippen LogP contribution in [0.1, 0.15) is 95.2 Å². The molecule has 1 amide bonds. The lowest BCUT2D eigenvalue weighted by molar-refractivity contribution is -0.211. The summed E-state index contributed by atoms with van der Waals surface area (Å²) < 4.78 is 25.9. The van der Waals surface area contributed by atoms with Crippen LogP contribution in [0.15, 0.2) is 40.9 Å². The van der Waals surface area contributed by atoms with Crippen molar-refractivity contribution in [1.29, 1.82) is 0 Å². The Kier molecular flexibility index (Phi) is 5.99. The number of rotatable bonds is 9. The highest BCUT2D eigenvalue weighted by atomic mass is 19.1. The molecule has 3 atom stereocenters. The third kappa shape index (κ3) is 4.33. The minimum atomic E-state index is -1.13. The molecule has 4 bridgehead atoms. The normalized spacial score (nSPS) is 32.9. The average Bonchev–Trinajstić information content (AvgIpc) is 3.70. The largest absolute Gasteiger partial charge is 0.477 e. The van der Waals surface area contributed by atoms with E-state index in [-0.39, 0.29) is 11.3 Å². The molecule has 0 saturated heterocycles. The van der Waals surface area contributed by atoms with Gasteiger partial charge >= 0.3 is 0 Å². The van der Waals surface area contributed by atoms with Gasteiger partial charge in [0.2, 0.25) is 17.7 Å². The maximum atomic E-state index is 14.6. The van der Waals surface area contributed by atoms with Gasteiger partial charge in [-0.3, -0.25) is 4.79 Å². The van der Waals surface area contributed by atoms with E-state index in [1.807, 2.05) is 48.2 Å². The first-order valence-corrected chi connectivity index (χ1v) is 15.8. The van der Waals surface area contributed by atoms with E-state index in [9.17, 15) is 9.18 Å². The van der Waals surface area contributed by atoms with Gasteiger partial charge in [0.05, 0.1) is 17.7 Å². The summed E-state index contributed by atoms with van der Waals surface area (Å²) in [6, 6.07) is 11.7. The van der Waals surface area contributed by atoms with Crippen LogP contribution in [0.4, 0.5) is 10.1 Å². The molecular weight excluding hydrogens is 533 g/mol. The Morgan fingerprint density at radius 3 is 2.69 bits per heavy atom. The number of halogens is 1. The van der Waals surface area contributed by atoms with Gasteiger partial charge in [0.25, 0.3) is 0 Å². The molecule has 3 aromatic rings. The Balaban J connectivity index is 1.06. The summed E-state index contributed by atoms with van der Waals surface area (Å²) in [6.07, 6.45) is 9.84. The Labute approximate surface area is 245 Å². The number of ether oxygens (including phenoxy) is 1. The van der Waals surface area contributed by atoms with Crippen molar-refractivity contribution < 1.29 is 18.4 Å². The van der Waals surface area contributed by atoms with Crippen LogP contribution in [0, 0.1) is 17.3 Å². The highest BCUT2D eigenvalue weighted by molar-refractivity contribution is 6.00. The summed E-state index contributed by atoms with van der Waals surface area (Å²) in [5.41, 5.74) is 0.763. The fourth-order valence-corrected chi connectivity index (χ4v) is 8.48. The number of benzene rings is 1. The molecule has 0 spiro atoms. The van der Waals surface area contributed by atoms with Crippen LogP contribution in [0.5, 0.6) is 5.88 Å². The van der Waals surface area contributed by atoms with E-state index in [0.717, 1.165) is 80.0 Å². The molecule has 2 heterocycles. The van der Waals surface area contributed by atoms with Crippen molar-refractivity contribution in [2.75, 3.05) is 18.1 Å². The molecule has 6 fully saturated rings. The highest BCUT2D eigenvalue weighted by Gasteiger charge is 2.73. The van der Waals surface area contributed by atoms with E-state index in [2.05, 4.69) is 15.4 Å². The lowest BCUT2D eigenvalue weighted by Crippen LogP contribution is -2.70. The zero-order valence-electron chi connectivity index (χ0n) is 24.2. The fourth-order valence-electron chi connectivity index (χ4n) is 8.48. The maximum Gasteiger partial charge on any atom is 0.233 e. The highest BCUT2D eigenvalue weighted by Crippen LogP contribution is 2.70. The Hall–Kier alpha value is -3.36. The van der Waals surface area contributed by atoms with Crippen molar-refractivity contribution in [3.05, 3.63) is 48.1 Å². The van der Waals surface area contributed by atoms with E-state index in [4.69, 9.17) is 14.2 Å². The Morgan fingerprint density at radius 1 is 1.10 bits per heavy atom. The second kappa shape index (κ2) is 9.58. The van der Waals surface area contributed by atoms with Crippen molar-refractivity contribution in [2.24, 2.45) is 17.3 Å². The quantitative estimate of drug-likeness (QED) is 0.287. The summed E-state index contributed by atoms with van der Waals surface area (Å²) >= 11 is 0. The van der Waals surface area contributed by atoms with Crippen LogP contribution in [-0.2, 0) is 10.2 Å². The van der Waals surface area contributed by atoms with E-state index in [1.165, 1.54) is 0 Å². The lowest BCUT2D eigenvalue weighted by atomic mass is 9.42. The molecule has 8 nitrogen and oxygen atoms in total. The zero-order chi connectivity index (χ0) is 28.5. The van der Waals surface area contributed by atoms with Gasteiger partial charge in [-0.1, -0.05) is 30.1 Å². The van der Waals surface area contributed by atoms with Crippen molar-refractivity contribution in [3.63, 3.8) is 0 Å². The molecule has 6 aliphatic carbocycles. The molecule has 9 rings (SSSR count). The summed E-state index contributed by atoms with van der Waals surface area (Å²) in [7, 11) is 0. The molecule has 1 aromatic carbocycles. The molecule has 0 aliphatic heterocycles. The number of hydrogen-bond acceptors (Lipinski definition) is 7. The monoisotopic (exact) mass is 571 g/mol. The molecule has 42 heavy (non-hydrogen) atoms. The van der Waals surface area contributed by atoms with Gasteiger partial charge in [-0.05, 0) is 94.7 Å². The first-order chi connectivity index (χ1) is 20.4. The number of anilines is 1. The van der Waals surface area contributed by atoms with Gasteiger partial charge in [-0.2, -0.15) is 4.98 Å². The molecule has 0 N–H and O–H groups in total. The van der Waals surface area contributed by atoms with Gasteiger partial charge in [0.1, 0.15) is 5.67 Å². The minimum absolute atomic E-state index is 0.0326. The number of carbonyl (C=O) groups is 1. The molecule has 6 saturated carbocycles. The standard InChI is InChI=1S/C33H38FN5O3/c1-2-41-27-11-10-26(36-37-27)22-5-3-7-25(15-22)39(30(40)32-18-33(34,19-32)20-32)17-24-12-14-31(13-4-6-23(24)16-31)29-35-28(38-42-29)21-8-9-21/h3,5,7,10-11,15,21,23-24H,2,4,6,8-9,12-14,16-20H2,1H3. The van der Waals surface area contributed by atoms with Crippen LogP contribution in [0.2, 0.25) is 0 Å². The first-order valence-electron chi connectivity index (χ1n) is 15.8. The smallest absolute Gasteiger partial charge is 0.233 e. The van der Waals surface area contributed by atoms with Gasteiger partial charge < -0.3 is 14.2 Å². The topological polar surface area (TPSA) is 94.2 Å². The Morgan fingerprint density at radius 2 is 1.95 bits per heavy atom. The second-order valence-corrected chi connectivity index (χ2v) is 13.8. The van der Waals surface area contributed by atoms with Crippen LogP contribution in [0.25, 0.3) is 11.3 Å². The SMILES string of the molecule is CCOc1ccc(-c2cccc(N(CC3CCC4(c5nc(C6CC6)no5)CCCC3C4)C(=O)C34CC(F)(C3)C4)c2)nn1. The van der Waals surface area contributed by atoms with E-state index < -0.39 is 11.1 Å². The molecule has 2 aromatic heterocycles. The fraction of sp³-hybridized carbons (Fsp3) is 0.606. The van der Waals surface area contributed by atoms with Crippen molar-refractivity contribution in [2.45, 2.75) is 94.6 Å². The first kappa shape index (κ1) is 26.3. The molecule has 220 valence electrons. The van der Waals surface area contributed by atoms with Gasteiger partial charge in [-0.15, -0.1) is 10.2 Å². The van der Waals surface area contributed by atoms with E-state index in [0.29, 0.717) is 56.0 Å². The number of fused-ring (bicyclic) bond motifs is 2. The van der Waals surface area contributed by atoms with E-state index in [1.54, 1.807) is 0 Å². The van der Waals surface area contributed by atoms with Gasteiger partial charge in [0, 0.05) is 35.2 Å². The minimum Gasteiger partial charge on any atom is -0.477 e. The predicted octanol–water partition coefficient (Wildman–Crippen LogP) is 6.57. The number of nitrogens with zero attached hydrogens (tertiary/aromatic N) is 5. The van der Waals surface area contributed by atoms with Crippen LogP contribution in [0.3, 0.4) is 0 Å². The third-order valence-corrected chi connectivity index (χ3v) is 10.8. The van der Waals surface area contributed by atoms with E-state index >= 15 is 0 Å². The zero-order valence-corrected chi connectivity index (χ0v) is 24.2. The van der Waals surface area contributed by atoms with Crippen LogP contribution >= 0.6 is 0 Å². The van der Waals surface area contributed by atoms with Crippen molar-refractivity contribution in [3.8, 4) is 17.1 Å². The second-order valence-electron chi connectivity index (χ2n) is 13.8. The molecule has 9 heteroatoms. The van der Waals surface area contributed by atoms with Crippen molar-refractivity contribution in [1.82, 2.24) is 20.3 Å². The molecule has 3 unspecified atom stereocenters. The predicted molar refractivity (Wildman–Crippen MR) is 154 cm³/mol. The lowest BCUT2D eigenvalue weighted by Gasteiger charge is -2.65. The number of aromatic nitrogens is 4. The van der Waals surface area contributed by atoms with Crippen molar-refractivity contribution >= 4 is 11.6 Å². The average molecular weight is 572 g/mol. The number of amides is 1. The molecule has 0 radical (unpaired) electrons. The third-order valence-electron chi connectivity index (χ3n) is 10.8. The molecular formula is C33H38FN5O3. The number of carbonyl (C=O) groups excluding carboxylic acids is 1. The summed E-state index contributed by atoms with van der Waals surface area (Å²) in [4.78, 5) is 21.0. The van der Waals surface area contributed by atoms with Gasteiger partial charge in [-0.25, -0.2) is 4.39 Å². The summed E-state index contributed by atoms with van der Waals surface area (Å²) in [6.45, 7) is 3.09. The van der Waals surface area contributed by atoms with Crippen LogP contribution < -0.4 is 9.64 Å². The summed E-state index contributed by atoms with van der Waals surface area (Å²) in [5, 5.41) is 12.9. The summed E-state index contributed by atoms with van der Waals surface area (Å²) in [5.74, 6) is 3.64. The Bertz CT molecular complexity index is 1480. The number of alkyl halides is 1. The maximum absolute atomic E-state index is 14.6. The number of hydrogen-bond donors (Lipinski definition) is 0. The molecule has 6 aliphatic rings. The van der Waals surface area contributed by atoms with Gasteiger partial charge in [0.15, 0.2) is 5.82 Å². The van der Waals surface area contributed by atoms with Crippen LogP contribution in [-0.4, -0.2) is 45.1 Å².